The molecule has 1 saturated carbocycles. The van der Waals surface area contributed by atoms with Crippen LogP contribution in [0.1, 0.15) is 44.3 Å². The molecule has 0 spiro atoms. The predicted molar refractivity (Wildman–Crippen MR) is 105 cm³/mol. The first-order chi connectivity index (χ1) is 13.5. The third-order valence-corrected chi connectivity index (χ3v) is 5.37. The van der Waals surface area contributed by atoms with Crippen molar-refractivity contribution < 1.29 is 23.6 Å². The third-order valence-electron chi connectivity index (χ3n) is 4.46. The normalized spacial score (nSPS) is 16.2. The zero-order valence-corrected chi connectivity index (χ0v) is 16.8. The molecular weight excluding hydrogens is 382 g/mol. The van der Waals surface area contributed by atoms with Gasteiger partial charge in [-0.1, -0.05) is 11.2 Å². The summed E-state index contributed by atoms with van der Waals surface area (Å²) in [6, 6.07) is 1.87. The maximum Gasteiger partial charge on any atom is 0.316 e. The minimum absolute atomic E-state index is 0.00463. The number of ether oxygens (including phenoxy) is 1. The summed E-state index contributed by atoms with van der Waals surface area (Å²) in [5, 5.41) is 6.24. The molecular formula is C19H25N3O5S. The number of carbonyl (C=O) groups excluding carboxylic acids is 3. The minimum atomic E-state index is -0.503. The highest BCUT2D eigenvalue weighted by molar-refractivity contribution is 8.00. The maximum absolute atomic E-state index is 12.5. The van der Waals surface area contributed by atoms with Crippen molar-refractivity contribution in [1.29, 1.82) is 0 Å². The minimum Gasteiger partial charge on any atom is -0.455 e. The fourth-order valence-corrected chi connectivity index (χ4v) is 3.67. The highest BCUT2D eigenvalue weighted by Crippen LogP contribution is 2.33. The number of thioether (sulfide) groups is 1. The van der Waals surface area contributed by atoms with Crippen molar-refractivity contribution in [2.24, 2.45) is 0 Å². The van der Waals surface area contributed by atoms with E-state index in [0.717, 1.165) is 56.0 Å². The summed E-state index contributed by atoms with van der Waals surface area (Å²) in [4.78, 5) is 38.0. The standard InChI is InChI=1S/C19H25N3O5S/c1-13-9-16(21-27-13)20-17(23)11-28-12-19(25)26-10-18(24)22(15-7-8-15)14-5-3-2-4-6-14/h5,9,15H,2-4,6-8,10-12H2,1H3,(H,20,21,23). The SMILES string of the molecule is Cc1cc(NC(=O)CSCC(=O)OCC(=O)N(C2=CCCCC2)C2CC2)no1. The Bertz CT molecular complexity index is 757. The number of nitrogens with zero attached hydrogens (tertiary/aromatic N) is 2. The number of allylic oxidation sites excluding steroid dienone is 2. The maximum atomic E-state index is 12.5. The van der Waals surface area contributed by atoms with Crippen LogP contribution in [-0.2, 0) is 19.1 Å². The Morgan fingerprint density at radius 2 is 2.14 bits per heavy atom. The summed E-state index contributed by atoms with van der Waals surface area (Å²) in [6.07, 6.45) is 8.30. The van der Waals surface area contributed by atoms with Crippen LogP contribution < -0.4 is 5.32 Å². The summed E-state index contributed by atoms with van der Waals surface area (Å²) >= 11 is 1.12. The first-order valence-corrected chi connectivity index (χ1v) is 10.7. The lowest BCUT2D eigenvalue weighted by atomic mass is 10.0. The monoisotopic (exact) mass is 407 g/mol. The fourth-order valence-electron chi connectivity index (χ4n) is 3.06. The van der Waals surface area contributed by atoms with Crippen molar-refractivity contribution in [3.8, 4) is 0 Å². The van der Waals surface area contributed by atoms with E-state index in [-0.39, 0.29) is 36.0 Å². The summed E-state index contributed by atoms with van der Waals surface area (Å²) in [6.45, 7) is 1.47. The highest BCUT2D eigenvalue weighted by atomic mass is 32.2. The molecule has 152 valence electrons. The molecule has 1 heterocycles. The number of hydrogen-bond donors (Lipinski definition) is 1. The molecule has 0 atom stereocenters. The average molecular weight is 407 g/mol. The lowest BCUT2D eigenvalue weighted by molar-refractivity contribution is -0.149. The van der Waals surface area contributed by atoms with E-state index in [1.165, 1.54) is 0 Å². The van der Waals surface area contributed by atoms with Crippen molar-refractivity contribution in [2.45, 2.75) is 51.5 Å². The number of amides is 2. The molecule has 0 aromatic carbocycles. The molecule has 0 aliphatic heterocycles. The lowest BCUT2D eigenvalue weighted by Gasteiger charge is -2.27. The molecule has 2 aliphatic rings. The summed E-state index contributed by atoms with van der Waals surface area (Å²) in [7, 11) is 0. The largest absolute Gasteiger partial charge is 0.455 e. The van der Waals surface area contributed by atoms with Crippen molar-refractivity contribution in [3.63, 3.8) is 0 Å². The summed E-state index contributed by atoms with van der Waals surface area (Å²) in [5.74, 6) is 0.0749. The Kier molecular flexibility index (Phi) is 7.13. The molecule has 1 N–H and O–H groups in total. The van der Waals surface area contributed by atoms with Gasteiger partial charge in [0.25, 0.3) is 5.91 Å². The van der Waals surface area contributed by atoms with Gasteiger partial charge in [-0.05, 0) is 45.4 Å². The molecule has 1 aromatic rings. The Morgan fingerprint density at radius 1 is 1.32 bits per heavy atom. The smallest absolute Gasteiger partial charge is 0.316 e. The van der Waals surface area contributed by atoms with Gasteiger partial charge in [0, 0.05) is 17.8 Å². The van der Waals surface area contributed by atoms with E-state index < -0.39 is 5.97 Å². The van der Waals surface area contributed by atoms with E-state index in [1.807, 2.05) is 4.90 Å². The van der Waals surface area contributed by atoms with Gasteiger partial charge in [0.05, 0.1) is 11.5 Å². The van der Waals surface area contributed by atoms with E-state index >= 15 is 0 Å². The second-order valence-electron chi connectivity index (χ2n) is 6.96. The van der Waals surface area contributed by atoms with Crippen LogP contribution in [0, 0.1) is 6.92 Å². The number of rotatable bonds is 9. The molecule has 8 nitrogen and oxygen atoms in total. The quantitative estimate of drug-likeness (QED) is 0.628. The summed E-state index contributed by atoms with van der Waals surface area (Å²) in [5.41, 5.74) is 1.07. The van der Waals surface area contributed by atoms with E-state index in [9.17, 15) is 14.4 Å². The third kappa shape index (κ3) is 6.12. The van der Waals surface area contributed by atoms with Gasteiger partial charge in [-0.3, -0.25) is 14.4 Å². The highest BCUT2D eigenvalue weighted by Gasteiger charge is 2.35. The number of aryl methyl sites for hydroxylation is 1. The Balaban J connectivity index is 1.35. The van der Waals surface area contributed by atoms with Crippen molar-refractivity contribution in [3.05, 3.63) is 23.6 Å². The molecule has 2 amide bonds. The van der Waals surface area contributed by atoms with E-state index in [1.54, 1.807) is 13.0 Å². The zero-order valence-electron chi connectivity index (χ0n) is 15.9. The Labute approximate surface area is 168 Å². The average Bonchev–Trinajstić information content (AvgIpc) is 3.42. The first-order valence-electron chi connectivity index (χ1n) is 9.50. The van der Waals surface area contributed by atoms with Gasteiger partial charge in [0.1, 0.15) is 5.76 Å². The van der Waals surface area contributed by atoms with Crippen LogP contribution in [0.25, 0.3) is 0 Å². The van der Waals surface area contributed by atoms with Crippen LogP contribution in [-0.4, -0.2) is 52.0 Å². The molecule has 28 heavy (non-hydrogen) atoms. The molecule has 3 rings (SSSR count). The molecule has 1 fully saturated rings. The van der Waals surface area contributed by atoms with Gasteiger partial charge in [-0.25, -0.2) is 0 Å². The van der Waals surface area contributed by atoms with E-state index in [4.69, 9.17) is 9.26 Å². The van der Waals surface area contributed by atoms with Crippen LogP contribution in [0.15, 0.2) is 22.4 Å². The van der Waals surface area contributed by atoms with Crippen LogP contribution >= 0.6 is 11.8 Å². The first kappa shape index (κ1) is 20.4. The number of esters is 1. The number of aromatic nitrogens is 1. The van der Waals surface area contributed by atoms with Crippen molar-refractivity contribution >= 4 is 35.4 Å². The molecule has 0 bridgehead atoms. The zero-order chi connectivity index (χ0) is 19.9. The van der Waals surface area contributed by atoms with Crippen LogP contribution in [0.3, 0.4) is 0 Å². The molecule has 0 unspecified atom stereocenters. The van der Waals surface area contributed by atoms with Crippen LogP contribution in [0.2, 0.25) is 0 Å². The number of anilines is 1. The van der Waals surface area contributed by atoms with Crippen molar-refractivity contribution in [1.82, 2.24) is 10.1 Å². The van der Waals surface area contributed by atoms with E-state index in [2.05, 4.69) is 16.5 Å². The van der Waals surface area contributed by atoms with Crippen LogP contribution in [0.5, 0.6) is 0 Å². The van der Waals surface area contributed by atoms with Gasteiger partial charge >= 0.3 is 5.97 Å². The molecule has 1 aromatic heterocycles. The number of nitrogens with one attached hydrogen (secondary N) is 1. The Morgan fingerprint density at radius 3 is 2.79 bits per heavy atom. The van der Waals surface area contributed by atoms with E-state index in [0.29, 0.717) is 11.6 Å². The van der Waals surface area contributed by atoms with Gasteiger partial charge in [0.15, 0.2) is 12.4 Å². The summed E-state index contributed by atoms with van der Waals surface area (Å²) < 4.78 is 9.98. The second kappa shape index (κ2) is 9.77. The van der Waals surface area contributed by atoms with Crippen molar-refractivity contribution in [2.75, 3.05) is 23.4 Å². The fraction of sp³-hybridized carbons (Fsp3) is 0.579. The molecule has 9 heteroatoms. The number of hydrogen-bond acceptors (Lipinski definition) is 7. The topological polar surface area (TPSA) is 102 Å². The second-order valence-corrected chi connectivity index (χ2v) is 7.95. The van der Waals surface area contributed by atoms with Gasteiger partial charge < -0.3 is 19.5 Å². The van der Waals surface area contributed by atoms with Gasteiger partial charge in [-0.2, -0.15) is 0 Å². The molecule has 0 radical (unpaired) electrons. The van der Waals surface area contributed by atoms with Gasteiger partial charge in [-0.15, -0.1) is 11.8 Å². The Hall–Kier alpha value is -2.29. The molecule has 0 saturated heterocycles. The molecule has 2 aliphatic carbocycles. The van der Waals surface area contributed by atoms with Crippen LogP contribution in [0.4, 0.5) is 5.82 Å². The lowest BCUT2D eigenvalue weighted by Crippen LogP contribution is -2.36. The predicted octanol–water partition coefficient (Wildman–Crippen LogP) is 2.65. The number of carbonyl (C=O) groups is 3. The van der Waals surface area contributed by atoms with Gasteiger partial charge in [0.2, 0.25) is 5.91 Å².